The third-order valence-corrected chi connectivity index (χ3v) is 8.78. The fourth-order valence-electron chi connectivity index (χ4n) is 5.42. The van der Waals surface area contributed by atoms with Crippen LogP contribution < -0.4 is 0 Å². The first-order valence-electron chi connectivity index (χ1n) is 13.9. The molecule has 0 N–H and O–H groups in total. The number of thioether (sulfide) groups is 1. The number of nitrogens with zero attached hydrogens (tertiary/aromatic N) is 2. The summed E-state index contributed by atoms with van der Waals surface area (Å²) in [6.45, 7) is 6.33. The first-order chi connectivity index (χ1) is 19.9. The van der Waals surface area contributed by atoms with E-state index < -0.39 is 5.97 Å². The SMILES string of the molecule is CCn1c2c(c3cc(C(=O)c4ccccc4C)ccc31)C=C(C(CCCSc1ccc(Cl)cc1)=NOC(C)=O)CC2. The second-order valence-corrected chi connectivity index (χ2v) is 11.8. The van der Waals surface area contributed by atoms with Crippen LogP contribution in [0.25, 0.3) is 17.0 Å². The Morgan fingerprint density at radius 1 is 1.05 bits per heavy atom. The standard InChI is InChI=1S/C34H33ClN2O3S/c1-4-37-32-17-11-24(31(36-40-23(3)38)10-7-19-41-27-15-13-26(35)14-16-27)20-29(32)30-21-25(12-18-33(30)37)34(39)28-9-6-5-8-22(28)2/h5-6,8-9,12-16,18,20-21H,4,7,10-11,17,19H2,1-3H3. The molecule has 4 aromatic rings. The maximum absolute atomic E-state index is 13.4. The Morgan fingerprint density at radius 2 is 1.83 bits per heavy atom. The highest BCUT2D eigenvalue weighted by Crippen LogP contribution is 2.36. The van der Waals surface area contributed by atoms with Crippen LogP contribution in [0.1, 0.15) is 65.9 Å². The van der Waals surface area contributed by atoms with Gasteiger partial charge in [-0.3, -0.25) is 4.79 Å². The van der Waals surface area contributed by atoms with Gasteiger partial charge in [-0.05, 0) is 105 Å². The van der Waals surface area contributed by atoms with E-state index in [1.165, 1.54) is 12.6 Å². The smallest absolute Gasteiger partial charge is 0.331 e. The van der Waals surface area contributed by atoms with Crippen molar-refractivity contribution in [3.8, 4) is 0 Å². The van der Waals surface area contributed by atoms with E-state index in [2.05, 4.69) is 28.8 Å². The Kier molecular flexibility index (Phi) is 9.11. The molecule has 1 aliphatic rings. The lowest BCUT2D eigenvalue weighted by Crippen LogP contribution is -2.12. The number of aryl methyl sites for hydroxylation is 2. The molecule has 0 saturated carbocycles. The number of hydrogen-bond donors (Lipinski definition) is 0. The van der Waals surface area contributed by atoms with Gasteiger partial charge in [0, 0.05) is 56.7 Å². The van der Waals surface area contributed by atoms with Gasteiger partial charge in [0.05, 0.1) is 5.71 Å². The Hall–Kier alpha value is -3.61. The molecule has 0 unspecified atom stereocenters. The number of carbonyl (C=O) groups excluding carboxylic acids is 2. The largest absolute Gasteiger partial charge is 0.344 e. The number of ketones is 1. The summed E-state index contributed by atoms with van der Waals surface area (Å²) in [5.74, 6) is 0.495. The molecule has 0 fully saturated rings. The van der Waals surface area contributed by atoms with E-state index in [4.69, 9.17) is 16.4 Å². The van der Waals surface area contributed by atoms with E-state index in [0.29, 0.717) is 12.0 Å². The molecule has 1 aliphatic carbocycles. The van der Waals surface area contributed by atoms with E-state index in [1.54, 1.807) is 11.8 Å². The first-order valence-corrected chi connectivity index (χ1v) is 15.3. The molecule has 41 heavy (non-hydrogen) atoms. The molecule has 210 valence electrons. The third-order valence-electron chi connectivity index (χ3n) is 7.43. The van der Waals surface area contributed by atoms with Gasteiger partial charge in [-0.2, -0.15) is 0 Å². The van der Waals surface area contributed by atoms with Crippen molar-refractivity contribution in [3.63, 3.8) is 0 Å². The van der Waals surface area contributed by atoms with Gasteiger partial charge in [0.2, 0.25) is 0 Å². The fourth-order valence-corrected chi connectivity index (χ4v) is 6.40. The summed E-state index contributed by atoms with van der Waals surface area (Å²) in [6.07, 6.45) is 5.41. The van der Waals surface area contributed by atoms with Crippen molar-refractivity contribution in [2.24, 2.45) is 5.16 Å². The van der Waals surface area contributed by atoms with Crippen molar-refractivity contribution < 1.29 is 14.4 Å². The Balaban J connectivity index is 1.45. The van der Waals surface area contributed by atoms with E-state index >= 15 is 0 Å². The van der Waals surface area contributed by atoms with Crippen LogP contribution in [0.15, 0.2) is 82.4 Å². The summed E-state index contributed by atoms with van der Waals surface area (Å²) in [7, 11) is 0. The molecule has 0 spiro atoms. The van der Waals surface area contributed by atoms with Gasteiger partial charge in [-0.15, -0.1) is 11.8 Å². The maximum Gasteiger partial charge on any atom is 0.331 e. The average Bonchev–Trinajstić information content (AvgIpc) is 3.29. The lowest BCUT2D eigenvalue weighted by Gasteiger charge is -2.18. The zero-order valence-electron chi connectivity index (χ0n) is 23.6. The number of oxime groups is 1. The summed E-state index contributed by atoms with van der Waals surface area (Å²) in [6, 6.07) is 21.6. The summed E-state index contributed by atoms with van der Waals surface area (Å²) < 4.78 is 2.34. The zero-order valence-corrected chi connectivity index (χ0v) is 25.1. The van der Waals surface area contributed by atoms with Crippen LogP contribution in [0.3, 0.4) is 0 Å². The average molecular weight is 585 g/mol. The molecular weight excluding hydrogens is 552 g/mol. The Labute approximate surface area is 250 Å². The highest BCUT2D eigenvalue weighted by Gasteiger charge is 2.23. The van der Waals surface area contributed by atoms with Gasteiger partial charge >= 0.3 is 5.97 Å². The van der Waals surface area contributed by atoms with Crippen LogP contribution in [-0.4, -0.2) is 27.8 Å². The molecule has 7 heteroatoms. The number of carbonyl (C=O) groups is 2. The fraction of sp³-hybridized carbons (Fsp3) is 0.265. The molecule has 0 atom stereocenters. The van der Waals surface area contributed by atoms with Crippen LogP contribution in [0.5, 0.6) is 0 Å². The van der Waals surface area contributed by atoms with Gasteiger partial charge < -0.3 is 9.40 Å². The maximum atomic E-state index is 13.4. The van der Waals surface area contributed by atoms with Crippen molar-refractivity contribution in [3.05, 3.63) is 105 Å². The van der Waals surface area contributed by atoms with Gasteiger partial charge in [0.25, 0.3) is 0 Å². The molecule has 1 aromatic heterocycles. The van der Waals surface area contributed by atoms with Crippen LogP contribution in [0, 0.1) is 6.92 Å². The summed E-state index contributed by atoms with van der Waals surface area (Å²) >= 11 is 7.78. The molecule has 0 bridgehead atoms. The quantitative estimate of drug-likeness (QED) is 0.0467. The molecule has 0 radical (unpaired) electrons. The number of rotatable bonds is 10. The summed E-state index contributed by atoms with van der Waals surface area (Å²) in [5.41, 5.74) is 7.73. The molecular formula is C34H33ClN2O3S. The molecule has 5 nitrogen and oxygen atoms in total. The number of aromatic nitrogens is 1. The van der Waals surface area contributed by atoms with E-state index in [-0.39, 0.29) is 5.78 Å². The minimum Gasteiger partial charge on any atom is -0.344 e. The number of hydrogen-bond acceptors (Lipinski definition) is 5. The van der Waals surface area contributed by atoms with Crippen molar-refractivity contribution in [2.45, 2.75) is 57.9 Å². The monoisotopic (exact) mass is 584 g/mol. The lowest BCUT2D eigenvalue weighted by molar-refractivity contribution is -0.140. The van der Waals surface area contributed by atoms with Crippen LogP contribution in [-0.2, 0) is 22.6 Å². The number of benzene rings is 3. The van der Waals surface area contributed by atoms with Crippen LogP contribution in [0.4, 0.5) is 0 Å². The van der Waals surface area contributed by atoms with Crippen molar-refractivity contribution in [1.29, 1.82) is 0 Å². The summed E-state index contributed by atoms with van der Waals surface area (Å²) in [5, 5.41) is 6.07. The Morgan fingerprint density at radius 3 is 2.56 bits per heavy atom. The minimum atomic E-state index is -0.433. The predicted octanol–water partition coefficient (Wildman–Crippen LogP) is 8.68. The third kappa shape index (κ3) is 6.50. The number of allylic oxidation sites excluding steroid dienone is 1. The van der Waals surface area contributed by atoms with Crippen molar-refractivity contribution in [1.82, 2.24) is 4.57 Å². The molecule has 1 heterocycles. The van der Waals surface area contributed by atoms with E-state index in [9.17, 15) is 9.59 Å². The van der Waals surface area contributed by atoms with Crippen molar-refractivity contribution in [2.75, 3.05) is 5.75 Å². The molecule has 0 aliphatic heterocycles. The van der Waals surface area contributed by atoms with Gasteiger partial charge in [-0.1, -0.05) is 41.0 Å². The minimum absolute atomic E-state index is 0.0262. The van der Waals surface area contributed by atoms with Crippen LogP contribution in [0.2, 0.25) is 5.02 Å². The van der Waals surface area contributed by atoms with E-state index in [1.807, 2.05) is 67.6 Å². The molecule has 5 rings (SSSR count). The Bertz CT molecular complexity index is 1670. The predicted molar refractivity (Wildman–Crippen MR) is 169 cm³/mol. The van der Waals surface area contributed by atoms with Crippen molar-refractivity contribution >= 4 is 57.8 Å². The number of fused-ring (bicyclic) bond motifs is 3. The second-order valence-electron chi connectivity index (χ2n) is 10.2. The van der Waals surface area contributed by atoms with Gasteiger partial charge in [0.15, 0.2) is 5.78 Å². The normalized spacial score (nSPS) is 13.2. The van der Waals surface area contributed by atoms with Crippen LogP contribution >= 0.6 is 23.4 Å². The molecule has 0 amide bonds. The second kappa shape index (κ2) is 12.9. The first kappa shape index (κ1) is 28.9. The molecule has 0 saturated heterocycles. The zero-order chi connectivity index (χ0) is 28.9. The van der Waals surface area contributed by atoms with Gasteiger partial charge in [0.1, 0.15) is 0 Å². The highest BCUT2D eigenvalue weighted by atomic mass is 35.5. The summed E-state index contributed by atoms with van der Waals surface area (Å²) in [4.78, 5) is 31.4. The van der Waals surface area contributed by atoms with Gasteiger partial charge in [-0.25, -0.2) is 4.79 Å². The highest BCUT2D eigenvalue weighted by molar-refractivity contribution is 7.99. The van der Waals surface area contributed by atoms with E-state index in [0.717, 1.165) is 80.4 Å². The number of halogens is 1. The molecule has 3 aromatic carbocycles. The topological polar surface area (TPSA) is 60.7 Å². The lowest BCUT2D eigenvalue weighted by atomic mass is 9.90.